The van der Waals surface area contributed by atoms with Crippen LogP contribution in [0.25, 0.3) is 0 Å². The van der Waals surface area contributed by atoms with Gasteiger partial charge in [0.25, 0.3) is 0 Å². The first-order valence-corrected chi connectivity index (χ1v) is 8.01. The smallest absolute Gasteiger partial charge is 0.411 e. The average Bonchev–Trinajstić information content (AvgIpc) is 2.49. The molecule has 0 aliphatic carbocycles. The number of amides is 1. The molecule has 7 heteroatoms. The van der Waals surface area contributed by atoms with Crippen LogP contribution < -0.4 is 0 Å². The van der Waals surface area contributed by atoms with Crippen LogP contribution in [0, 0.1) is 0 Å². The third-order valence-electron chi connectivity index (χ3n) is 3.07. The minimum Gasteiger partial charge on any atom is -0.481 e. The van der Waals surface area contributed by atoms with Crippen LogP contribution >= 0.6 is 11.6 Å². The molecule has 0 radical (unpaired) electrons. The number of halogens is 1. The first-order valence-electron chi connectivity index (χ1n) is 7.48. The third-order valence-corrected chi connectivity index (χ3v) is 3.33. The highest BCUT2D eigenvalue weighted by Crippen LogP contribution is 2.18. The van der Waals surface area contributed by atoms with Crippen molar-refractivity contribution in [1.82, 2.24) is 4.90 Å². The van der Waals surface area contributed by atoms with E-state index in [9.17, 15) is 14.4 Å². The summed E-state index contributed by atoms with van der Waals surface area (Å²) in [6.45, 7) is 5.14. The highest BCUT2D eigenvalue weighted by atomic mass is 35.5. The fourth-order valence-corrected chi connectivity index (χ4v) is 2.23. The van der Waals surface area contributed by atoms with E-state index in [0.717, 1.165) is 10.5 Å². The Kier molecular flexibility index (Phi) is 7.22. The fourth-order valence-electron chi connectivity index (χ4n) is 2.05. The van der Waals surface area contributed by atoms with E-state index in [-0.39, 0.29) is 12.4 Å². The molecule has 1 amide bonds. The molecule has 1 aromatic carbocycles. The van der Waals surface area contributed by atoms with E-state index >= 15 is 0 Å². The predicted octanol–water partition coefficient (Wildman–Crippen LogP) is 3.07. The third kappa shape index (κ3) is 6.58. The number of hydrogen-bond donors (Lipinski definition) is 1. The topological polar surface area (TPSA) is 83.9 Å². The summed E-state index contributed by atoms with van der Waals surface area (Å²) in [7, 11) is 0. The molecule has 0 aliphatic heterocycles. The SMILES string of the molecule is CC(C)(C)OC(=O)N(Cc1ccccc1)[C@@H](CC(=O)O)C(=O)CCl. The summed E-state index contributed by atoms with van der Waals surface area (Å²) in [5.41, 5.74) is -0.0230. The van der Waals surface area contributed by atoms with Gasteiger partial charge in [0.2, 0.25) is 0 Å². The molecule has 1 N–H and O–H groups in total. The monoisotopic (exact) mass is 355 g/mol. The lowest BCUT2D eigenvalue weighted by Crippen LogP contribution is -2.48. The predicted molar refractivity (Wildman–Crippen MR) is 90.0 cm³/mol. The van der Waals surface area contributed by atoms with Gasteiger partial charge >= 0.3 is 12.1 Å². The van der Waals surface area contributed by atoms with Crippen LogP contribution in [0.15, 0.2) is 30.3 Å². The standard InChI is InChI=1S/C17H22ClNO5/c1-17(2,3)24-16(23)19(11-12-7-5-4-6-8-12)13(9-15(21)22)14(20)10-18/h4-8,13H,9-11H2,1-3H3,(H,21,22)/t13-/m0/s1. The molecule has 24 heavy (non-hydrogen) atoms. The minimum absolute atomic E-state index is 0.0519. The molecule has 0 saturated heterocycles. The van der Waals surface area contributed by atoms with Crippen LogP contribution in [0.1, 0.15) is 32.8 Å². The molecule has 132 valence electrons. The molecule has 0 aliphatic rings. The maximum Gasteiger partial charge on any atom is 0.411 e. The highest BCUT2D eigenvalue weighted by Gasteiger charge is 2.34. The summed E-state index contributed by atoms with van der Waals surface area (Å²) >= 11 is 5.59. The zero-order valence-corrected chi connectivity index (χ0v) is 14.7. The van der Waals surface area contributed by atoms with Crippen molar-refractivity contribution in [3.63, 3.8) is 0 Å². The number of rotatable bonds is 7. The van der Waals surface area contributed by atoms with Gasteiger partial charge in [-0.25, -0.2) is 4.79 Å². The number of carbonyl (C=O) groups excluding carboxylic acids is 2. The molecular weight excluding hydrogens is 334 g/mol. The Morgan fingerprint density at radius 1 is 1.21 bits per heavy atom. The molecule has 0 heterocycles. The van der Waals surface area contributed by atoms with E-state index < -0.39 is 35.9 Å². The van der Waals surface area contributed by atoms with Crippen molar-refractivity contribution in [3.8, 4) is 0 Å². The second-order valence-corrected chi connectivity index (χ2v) is 6.57. The number of nitrogens with zero attached hydrogens (tertiary/aromatic N) is 1. The second-order valence-electron chi connectivity index (χ2n) is 6.31. The molecule has 1 rings (SSSR count). The van der Waals surface area contributed by atoms with Gasteiger partial charge in [-0.3, -0.25) is 14.5 Å². The molecule has 0 spiro atoms. The number of alkyl halides is 1. The number of Topliss-reactive ketones (excluding diaryl/α,β-unsaturated/α-hetero) is 1. The number of carboxylic acids is 1. The first kappa shape index (κ1) is 20.0. The maximum atomic E-state index is 12.5. The Morgan fingerprint density at radius 2 is 1.79 bits per heavy atom. The lowest BCUT2D eigenvalue weighted by Gasteiger charge is -2.32. The summed E-state index contributed by atoms with van der Waals surface area (Å²) in [6.07, 6.45) is -1.28. The molecule has 0 aromatic heterocycles. The van der Waals surface area contributed by atoms with Crippen LogP contribution in [0.3, 0.4) is 0 Å². The van der Waals surface area contributed by atoms with E-state index in [1.165, 1.54) is 0 Å². The van der Waals surface area contributed by atoms with Crippen LogP contribution in [-0.4, -0.2) is 45.4 Å². The lowest BCUT2D eigenvalue weighted by molar-refractivity contribution is -0.141. The summed E-state index contributed by atoms with van der Waals surface area (Å²) < 4.78 is 5.33. The number of ketones is 1. The minimum atomic E-state index is -1.19. The zero-order valence-electron chi connectivity index (χ0n) is 14.0. The van der Waals surface area contributed by atoms with Crippen molar-refractivity contribution in [3.05, 3.63) is 35.9 Å². The summed E-state index contributed by atoms with van der Waals surface area (Å²) in [6, 6.07) is 7.77. The number of carboxylic acid groups (broad SMARTS) is 1. The molecular formula is C17H22ClNO5. The van der Waals surface area contributed by atoms with Gasteiger partial charge in [0, 0.05) is 6.54 Å². The molecule has 1 aromatic rings. The van der Waals surface area contributed by atoms with E-state index in [2.05, 4.69) is 0 Å². The molecule has 6 nitrogen and oxygen atoms in total. The van der Waals surface area contributed by atoms with Crippen LogP contribution in [0.4, 0.5) is 4.79 Å². The summed E-state index contributed by atoms with van der Waals surface area (Å²) in [5.74, 6) is -2.12. The summed E-state index contributed by atoms with van der Waals surface area (Å²) in [5, 5.41) is 9.08. The zero-order chi connectivity index (χ0) is 18.3. The van der Waals surface area contributed by atoms with Crippen molar-refractivity contribution in [2.75, 3.05) is 5.88 Å². The van der Waals surface area contributed by atoms with E-state index in [1.54, 1.807) is 45.0 Å². The number of benzene rings is 1. The van der Waals surface area contributed by atoms with Crippen LogP contribution in [0.5, 0.6) is 0 Å². The van der Waals surface area contributed by atoms with Crippen molar-refractivity contribution < 1.29 is 24.2 Å². The van der Waals surface area contributed by atoms with Gasteiger partial charge in [0.1, 0.15) is 11.6 Å². The Hall–Kier alpha value is -2.08. The number of ether oxygens (including phenoxy) is 1. The Bertz CT molecular complexity index is 582. The van der Waals surface area contributed by atoms with Gasteiger partial charge in [-0.2, -0.15) is 0 Å². The second kappa shape index (κ2) is 8.68. The van der Waals surface area contributed by atoms with Crippen molar-refractivity contribution >= 4 is 29.4 Å². The van der Waals surface area contributed by atoms with E-state index in [4.69, 9.17) is 21.4 Å². The average molecular weight is 356 g/mol. The van der Waals surface area contributed by atoms with E-state index in [1.807, 2.05) is 6.07 Å². The van der Waals surface area contributed by atoms with Gasteiger partial charge in [0.05, 0.1) is 12.3 Å². The highest BCUT2D eigenvalue weighted by molar-refractivity contribution is 6.28. The molecule has 0 unspecified atom stereocenters. The maximum absolute atomic E-state index is 12.5. The molecule has 0 saturated carbocycles. The number of carbonyl (C=O) groups is 3. The molecule has 1 atom stereocenters. The normalized spacial score (nSPS) is 12.3. The van der Waals surface area contributed by atoms with Crippen LogP contribution in [0.2, 0.25) is 0 Å². The molecule has 0 fully saturated rings. The fraction of sp³-hybridized carbons (Fsp3) is 0.471. The molecule has 0 bridgehead atoms. The Morgan fingerprint density at radius 3 is 2.25 bits per heavy atom. The van der Waals surface area contributed by atoms with Gasteiger partial charge in [0.15, 0.2) is 5.78 Å². The van der Waals surface area contributed by atoms with Crippen molar-refractivity contribution in [2.24, 2.45) is 0 Å². The first-order chi connectivity index (χ1) is 11.1. The van der Waals surface area contributed by atoms with Gasteiger partial charge < -0.3 is 9.84 Å². The van der Waals surface area contributed by atoms with Gasteiger partial charge in [-0.05, 0) is 26.3 Å². The Balaban J connectivity index is 3.15. The number of hydrogen-bond acceptors (Lipinski definition) is 4. The number of aliphatic carboxylic acids is 1. The van der Waals surface area contributed by atoms with Crippen molar-refractivity contribution in [1.29, 1.82) is 0 Å². The van der Waals surface area contributed by atoms with E-state index in [0.29, 0.717) is 0 Å². The van der Waals surface area contributed by atoms with Gasteiger partial charge in [-0.1, -0.05) is 30.3 Å². The lowest BCUT2D eigenvalue weighted by atomic mass is 10.1. The van der Waals surface area contributed by atoms with Crippen molar-refractivity contribution in [2.45, 2.75) is 45.4 Å². The largest absolute Gasteiger partial charge is 0.481 e. The van der Waals surface area contributed by atoms with Gasteiger partial charge in [-0.15, -0.1) is 11.6 Å². The quantitative estimate of drug-likeness (QED) is 0.760. The van der Waals surface area contributed by atoms with Crippen LogP contribution in [-0.2, 0) is 20.9 Å². The Labute approximate surface area is 146 Å². The summed E-state index contributed by atoms with van der Waals surface area (Å²) in [4.78, 5) is 36.9.